The highest BCUT2D eigenvalue weighted by molar-refractivity contribution is 6.03. The van der Waals surface area contributed by atoms with E-state index in [9.17, 15) is 18.8 Å². The van der Waals surface area contributed by atoms with Crippen LogP contribution in [0.3, 0.4) is 0 Å². The maximum atomic E-state index is 12.9. The molecule has 1 aliphatic heterocycles. The molecule has 29 heavy (non-hydrogen) atoms. The van der Waals surface area contributed by atoms with Crippen molar-refractivity contribution >= 4 is 23.4 Å². The Morgan fingerprint density at radius 3 is 2.45 bits per heavy atom. The van der Waals surface area contributed by atoms with Gasteiger partial charge in [-0.3, -0.25) is 14.4 Å². The number of nitrogens with zero attached hydrogens (tertiary/aromatic N) is 2. The molecule has 6 nitrogen and oxygen atoms in total. The molecule has 1 atom stereocenters. The normalized spacial score (nSPS) is 14.3. The van der Waals surface area contributed by atoms with Crippen LogP contribution < -0.4 is 0 Å². The fraction of sp³-hybridized carbons (Fsp3) is 0.273. The second-order valence-corrected chi connectivity index (χ2v) is 6.68. The molecule has 0 spiro atoms. The molecule has 0 aromatic heterocycles. The number of Topliss-reactive ketones (excluding diaryl/α,β-unsaturated/α-hetero) is 1. The molecular weight excluding hydrogens is 375 g/mol. The number of carbonyl (C=O) groups is 3. The Labute approximate surface area is 168 Å². The van der Waals surface area contributed by atoms with E-state index in [-0.39, 0.29) is 24.3 Å². The van der Waals surface area contributed by atoms with E-state index in [1.54, 1.807) is 0 Å². The van der Waals surface area contributed by atoms with Crippen molar-refractivity contribution in [2.75, 3.05) is 6.54 Å². The quantitative estimate of drug-likeness (QED) is 0.531. The standard InChI is InChI=1S/C22H21FN2O4/c1-15(22(28)17-7-9-18(23)10-8-17)29-21(27)12-11-20(26)25-14-13-19(24-25)16-5-3-2-4-6-16/h2-10,15H,11-14H2,1H3/t15-/m1/s1. The molecule has 2 aromatic rings. The average molecular weight is 396 g/mol. The Bertz CT molecular complexity index is 926. The largest absolute Gasteiger partial charge is 0.454 e. The van der Waals surface area contributed by atoms with Gasteiger partial charge in [0, 0.05) is 18.4 Å². The number of hydrogen-bond donors (Lipinski definition) is 0. The number of carbonyl (C=O) groups excluding carboxylic acids is 3. The minimum absolute atomic E-state index is 0.0537. The number of benzene rings is 2. The second kappa shape index (κ2) is 9.23. The Morgan fingerprint density at radius 2 is 1.76 bits per heavy atom. The van der Waals surface area contributed by atoms with Crippen LogP contribution in [0.1, 0.15) is 42.1 Å². The van der Waals surface area contributed by atoms with Crippen molar-refractivity contribution in [2.45, 2.75) is 32.3 Å². The van der Waals surface area contributed by atoms with Crippen molar-refractivity contribution in [3.63, 3.8) is 0 Å². The highest BCUT2D eigenvalue weighted by Crippen LogP contribution is 2.15. The van der Waals surface area contributed by atoms with Gasteiger partial charge in [-0.1, -0.05) is 30.3 Å². The lowest BCUT2D eigenvalue weighted by molar-refractivity contribution is -0.148. The Balaban J connectivity index is 1.48. The predicted octanol–water partition coefficient (Wildman–Crippen LogP) is 3.36. The first kappa shape index (κ1) is 20.4. The second-order valence-electron chi connectivity index (χ2n) is 6.68. The molecule has 0 bridgehead atoms. The monoisotopic (exact) mass is 396 g/mol. The van der Waals surface area contributed by atoms with E-state index >= 15 is 0 Å². The first-order valence-corrected chi connectivity index (χ1v) is 9.36. The highest BCUT2D eigenvalue weighted by atomic mass is 19.1. The zero-order valence-corrected chi connectivity index (χ0v) is 16.0. The van der Waals surface area contributed by atoms with Crippen LogP contribution in [-0.4, -0.2) is 41.0 Å². The lowest BCUT2D eigenvalue weighted by Crippen LogP contribution is -2.27. The molecule has 3 rings (SSSR count). The van der Waals surface area contributed by atoms with Gasteiger partial charge in [0.05, 0.1) is 18.7 Å². The fourth-order valence-corrected chi connectivity index (χ4v) is 2.97. The van der Waals surface area contributed by atoms with Crippen molar-refractivity contribution in [1.29, 1.82) is 0 Å². The number of hydrazone groups is 1. The SMILES string of the molecule is C[C@@H](OC(=O)CCC(=O)N1CCC(c2ccccc2)=N1)C(=O)c1ccc(F)cc1. The summed E-state index contributed by atoms with van der Waals surface area (Å²) in [6.45, 7) is 1.92. The third kappa shape index (κ3) is 5.34. The topological polar surface area (TPSA) is 76.0 Å². The third-order valence-electron chi connectivity index (χ3n) is 4.55. The molecule has 1 aliphatic rings. The summed E-state index contributed by atoms with van der Waals surface area (Å²) in [5.41, 5.74) is 2.05. The average Bonchev–Trinajstić information content (AvgIpc) is 3.23. The molecule has 150 valence electrons. The van der Waals surface area contributed by atoms with Gasteiger partial charge in [0.25, 0.3) is 0 Å². The molecule has 0 radical (unpaired) electrons. The summed E-state index contributed by atoms with van der Waals surface area (Å²) >= 11 is 0. The number of hydrogen-bond acceptors (Lipinski definition) is 5. The highest BCUT2D eigenvalue weighted by Gasteiger charge is 2.24. The van der Waals surface area contributed by atoms with Crippen molar-refractivity contribution in [1.82, 2.24) is 5.01 Å². The lowest BCUT2D eigenvalue weighted by atomic mass is 10.1. The summed E-state index contributed by atoms with van der Waals surface area (Å²) in [4.78, 5) is 36.5. The molecule has 0 unspecified atom stereocenters. The molecule has 0 saturated heterocycles. The van der Waals surface area contributed by atoms with E-state index < -0.39 is 23.7 Å². The smallest absolute Gasteiger partial charge is 0.307 e. The number of ether oxygens (including phenoxy) is 1. The van der Waals surface area contributed by atoms with Crippen LogP contribution in [0.4, 0.5) is 4.39 Å². The molecule has 0 N–H and O–H groups in total. The number of halogens is 1. The molecular formula is C22H21FN2O4. The maximum Gasteiger partial charge on any atom is 0.307 e. The number of amides is 1. The third-order valence-corrected chi connectivity index (χ3v) is 4.55. The van der Waals surface area contributed by atoms with Crippen LogP contribution in [0.25, 0.3) is 0 Å². The summed E-state index contributed by atoms with van der Waals surface area (Å²) in [7, 11) is 0. The van der Waals surface area contributed by atoms with E-state index in [1.165, 1.54) is 36.2 Å². The van der Waals surface area contributed by atoms with Gasteiger partial charge >= 0.3 is 5.97 Å². The van der Waals surface area contributed by atoms with Gasteiger partial charge in [0.2, 0.25) is 11.7 Å². The summed E-state index contributed by atoms with van der Waals surface area (Å²) in [5.74, 6) is -1.80. The van der Waals surface area contributed by atoms with Crippen LogP contribution in [-0.2, 0) is 14.3 Å². The van der Waals surface area contributed by atoms with E-state index in [4.69, 9.17) is 4.74 Å². The van der Waals surface area contributed by atoms with Gasteiger partial charge in [-0.05, 0) is 36.8 Å². The number of rotatable bonds is 7. The molecule has 2 aromatic carbocycles. The van der Waals surface area contributed by atoms with Crippen LogP contribution in [0.5, 0.6) is 0 Å². The van der Waals surface area contributed by atoms with Crippen LogP contribution in [0.2, 0.25) is 0 Å². The molecule has 1 amide bonds. The van der Waals surface area contributed by atoms with Gasteiger partial charge < -0.3 is 4.74 Å². The van der Waals surface area contributed by atoms with E-state index in [0.29, 0.717) is 13.0 Å². The Morgan fingerprint density at radius 1 is 1.07 bits per heavy atom. The van der Waals surface area contributed by atoms with Gasteiger partial charge in [-0.15, -0.1) is 0 Å². The van der Waals surface area contributed by atoms with E-state index in [1.807, 2.05) is 30.3 Å². The lowest BCUT2D eigenvalue weighted by Gasteiger charge is -2.14. The zero-order chi connectivity index (χ0) is 20.8. The first-order chi connectivity index (χ1) is 13.9. The molecule has 0 aliphatic carbocycles. The molecule has 1 heterocycles. The summed E-state index contributed by atoms with van der Waals surface area (Å²) in [6.07, 6.45) is -0.560. The number of esters is 1. The van der Waals surface area contributed by atoms with Crippen LogP contribution >= 0.6 is 0 Å². The Kier molecular flexibility index (Phi) is 6.49. The summed E-state index contributed by atoms with van der Waals surface area (Å²) in [6, 6.07) is 14.6. The van der Waals surface area contributed by atoms with Gasteiger partial charge in [-0.25, -0.2) is 9.40 Å². The van der Waals surface area contributed by atoms with Gasteiger partial charge in [-0.2, -0.15) is 5.10 Å². The van der Waals surface area contributed by atoms with Crippen LogP contribution in [0.15, 0.2) is 59.7 Å². The molecule has 0 fully saturated rings. The van der Waals surface area contributed by atoms with Crippen molar-refractivity contribution in [3.05, 3.63) is 71.5 Å². The maximum absolute atomic E-state index is 12.9. The number of ketones is 1. The Hall–Kier alpha value is -3.35. The van der Waals surface area contributed by atoms with Crippen molar-refractivity contribution < 1.29 is 23.5 Å². The van der Waals surface area contributed by atoms with Crippen molar-refractivity contribution in [3.8, 4) is 0 Å². The molecule has 7 heteroatoms. The van der Waals surface area contributed by atoms with E-state index in [2.05, 4.69) is 5.10 Å². The van der Waals surface area contributed by atoms with Crippen molar-refractivity contribution in [2.24, 2.45) is 5.10 Å². The van der Waals surface area contributed by atoms with Gasteiger partial charge in [0.15, 0.2) is 6.10 Å². The summed E-state index contributed by atoms with van der Waals surface area (Å²) < 4.78 is 18.1. The first-order valence-electron chi connectivity index (χ1n) is 9.36. The minimum atomic E-state index is -1.02. The fourth-order valence-electron chi connectivity index (χ4n) is 2.97. The van der Waals surface area contributed by atoms with Gasteiger partial charge in [0.1, 0.15) is 5.82 Å². The summed E-state index contributed by atoms with van der Waals surface area (Å²) in [5, 5.41) is 5.70. The van der Waals surface area contributed by atoms with Crippen LogP contribution in [0, 0.1) is 5.82 Å². The van der Waals surface area contributed by atoms with E-state index in [0.717, 1.165) is 11.3 Å². The zero-order valence-electron chi connectivity index (χ0n) is 16.0. The molecule has 0 saturated carbocycles. The predicted molar refractivity (Wildman–Crippen MR) is 105 cm³/mol. The minimum Gasteiger partial charge on any atom is -0.454 e.